The number of imidazole rings is 1. The van der Waals surface area contributed by atoms with Crippen LogP contribution in [0.1, 0.15) is 16.0 Å². The fourth-order valence-corrected chi connectivity index (χ4v) is 3.31. The molecule has 0 radical (unpaired) electrons. The van der Waals surface area contributed by atoms with Gasteiger partial charge >= 0.3 is 5.69 Å². The zero-order valence-corrected chi connectivity index (χ0v) is 14.0. The molecule has 0 amide bonds. The number of aryl methyl sites for hydroxylation is 2. The second-order valence-corrected chi connectivity index (χ2v) is 6.42. The lowest BCUT2D eigenvalue weighted by Gasteiger charge is -2.11. The Balaban J connectivity index is 2.13. The zero-order chi connectivity index (χ0) is 15.1. The van der Waals surface area contributed by atoms with Gasteiger partial charge in [-0.1, -0.05) is 45.7 Å². The lowest BCUT2D eigenvalue weighted by Crippen LogP contribution is -2.19. The molecular weight excluding hydrogens is 352 g/mol. The van der Waals surface area contributed by atoms with Gasteiger partial charge < -0.3 is 0 Å². The maximum absolute atomic E-state index is 12.0. The monoisotopic (exact) mass is 364 g/mol. The topological polar surface area (TPSA) is 26.9 Å². The Kier molecular flexibility index (Phi) is 3.68. The second-order valence-electron chi connectivity index (χ2n) is 5.07. The van der Waals surface area contributed by atoms with E-state index in [9.17, 15) is 4.79 Å². The summed E-state index contributed by atoms with van der Waals surface area (Å²) >= 11 is 9.76. The van der Waals surface area contributed by atoms with E-state index in [0.29, 0.717) is 5.02 Å². The summed E-state index contributed by atoms with van der Waals surface area (Å²) in [6.07, 6.45) is 0. The van der Waals surface area contributed by atoms with Crippen LogP contribution < -0.4 is 5.69 Å². The van der Waals surface area contributed by atoms with E-state index >= 15 is 0 Å². The summed E-state index contributed by atoms with van der Waals surface area (Å²) in [6, 6.07) is 13.8. The lowest BCUT2D eigenvalue weighted by molar-refractivity contribution is 0.795. The van der Waals surface area contributed by atoms with Gasteiger partial charge in [-0.2, -0.15) is 0 Å². The van der Waals surface area contributed by atoms with Crippen molar-refractivity contribution < 1.29 is 0 Å². The molecule has 0 aliphatic heterocycles. The maximum atomic E-state index is 12.0. The lowest BCUT2D eigenvalue weighted by atomic mass is 10.0. The molecule has 0 fully saturated rings. The summed E-state index contributed by atoms with van der Waals surface area (Å²) in [5.41, 5.74) is 4.01. The average molecular weight is 366 g/mol. The van der Waals surface area contributed by atoms with Crippen LogP contribution in [0.4, 0.5) is 0 Å². The number of nitrogens with zero attached hydrogens (tertiary/aromatic N) is 2. The molecule has 1 aromatic heterocycles. The first-order chi connectivity index (χ1) is 9.99. The highest BCUT2D eigenvalue weighted by atomic mass is 79.9. The van der Waals surface area contributed by atoms with E-state index in [-0.39, 0.29) is 10.5 Å². The molecule has 0 saturated heterocycles. The van der Waals surface area contributed by atoms with Crippen LogP contribution in [0.25, 0.3) is 11.0 Å². The van der Waals surface area contributed by atoms with Crippen molar-refractivity contribution in [1.82, 2.24) is 9.13 Å². The molecule has 0 spiro atoms. The van der Waals surface area contributed by atoms with Crippen LogP contribution in [0.3, 0.4) is 0 Å². The first kappa shape index (κ1) is 14.4. The summed E-state index contributed by atoms with van der Waals surface area (Å²) in [4.78, 5) is 12.0. The molecule has 0 N–H and O–H groups in total. The van der Waals surface area contributed by atoms with E-state index in [1.807, 2.05) is 42.5 Å². The van der Waals surface area contributed by atoms with Crippen molar-refractivity contribution in [3.05, 3.63) is 69.1 Å². The third-order valence-electron chi connectivity index (χ3n) is 3.73. The van der Waals surface area contributed by atoms with Gasteiger partial charge in [-0.3, -0.25) is 9.13 Å². The molecule has 3 aromatic rings. The summed E-state index contributed by atoms with van der Waals surface area (Å²) in [6.45, 7) is 0. The van der Waals surface area contributed by atoms with Crippen LogP contribution >= 0.6 is 27.5 Å². The third kappa shape index (κ3) is 2.43. The van der Waals surface area contributed by atoms with Crippen molar-refractivity contribution in [2.45, 2.75) is 4.83 Å². The molecule has 5 heteroatoms. The van der Waals surface area contributed by atoms with Gasteiger partial charge in [0, 0.05) is 19.1 Å². The SMILES string of the molecule is Cn1c(=O)n(C)c2cc(C(Br)c3cccc(Cl)c3)ccc21. The predicted molar refractivity (Wildman–Crippen MR) is 90.4 cm³/mol. The van der Waals surface area contributed by atoms with Crippen molar-refractivity contribution in [3.8, 4) is 0 Å². The molecule has 1 unspecified atom stereocenters. The third-order valence-corrected chi connectivity index (χ3v) is 5.02. The van der Waals surface area contributed by atoms with E-state index in [2.05, 4.69) is 15.9 Å². The zero-order valence-electron chi connectivity index (χ0n) is 11.7. The van der Waals surface area contributed by atoms with E-state index < -0.39 is 0 Å². The van der Waals surface area contributed by atoms with Crippen molar-refractivity contribution in [2.75, 3.05) is 0 Å². The molecule has 2 aromatic carbocycles. The molecular formula is C16H14BrClN2O. The molecule has 1 atom stereocenters. The van der Waals surface area contributed by atoms with Crippen molar-refractivity contribution in [1.29, 1.82) is 0 Å². The van der Waals surface area contributed by atoms with Crippen LogP contribution in [0.2, 0.25) is 5.02 Å². The van der Waals surface area contributed by atoms with Crippen molar-refractivity contribution >= 4 is 38.6 Å². The van der Waals surface area contributed by atoms with Gasteiger partial charge in [0.15, 0.2) is 0 Å². The van der Waals surface area contributed by atoms with Crippen LogP contribution in [0.15, 0.2) is 47.3 Å². The van der Waals surface area contributed by atoms with E-state index in [0.717, 1.165) is 22.2 Å². The smallest absolute Gasteiger partial charge is 0.295 e. The number of halogens is 2. The van der Waals surface area contributed by atoms with Gasteiger partial charge in [-0.15, -0.1) is 0 Å². The number of hydrogen-bond donors (Lipinski definition) is 0. The van der Waals surface area contributed by atoms with Gasteiger partial charge in [0.05, 0.1) is 15.9 Å². The largest absolute Gasteiger partial charge is 0.328 e. The highest BCUT2D eigenvalue weighted by Crippen LogP contribution is 2.33. The molecule has 0 aliphatic rings. The van der Waals surface area contributed by atoms with Gasteiger partial charge in [0.25, 0.3) is 0 Å². The highest BCUT2D eigenvalue weighted by Gasteiger charge is 2.14. The number of benzene rings is 2. The number of aromatic nitrogens is 2. The quantitative estimate of drug-likeness (QED) is 0.630. The first-order valence-corrected chi connectivity index (χ1v) is 7.83. The van der Waals surface area contributed by atoms with Gasteiger partial charge in [-0.25, -0.2) is 4.79 Å². The number of fused-ring (bicyclic) bond motifs is 1. The Bertz CT molecular complexity index is 882. The first-order valence-electron chi connectivity index (χ1n) is 6.54. The normalized spacial score (nSPS) is 12.8. The Labute approximate surface area is 135 Å². The molecule has 0 bridgehead atoms. The van der Waals surface area contributed by atoms with Crippen molar-refractivity contribution in [2.24, 2.45) is 14.1 Å². The molecule has 108 valence electrons. The Morgan fingerprint density at radius 3 is 2.38 bits per heavy atom. The second kappa shape index (κ2) is 5.35. The van der Waals surface area contributed by atoms with Gasteiger partial charge in [0.1, 0.15) is 0 Å². The summed E-state index contributed by atoms with van der Waals surface area (Å²) < 4.78 is 3.32. The number of alkyl halides is 1. The fraction of sp³-hybridized carbons (Fsp3) is 0.188. The molecule has 3 rings (SSSR count). The Morgan fingerprint density at radius 2 is 1.67 bits per heavy atom. The maximum Gasteiger partial charge on any atom is 0.328 e. The highest BCUT2D eigenvalue weighted by molar-refractivity contribution is 9.09. The standard InChI is InChI=1S/C16H14BrClN2O/c1-19-13-7-6-11(9-14(13)20(2)16(19)21)15(17)10-4-3-5-12(18)8-10/h3-9,15H,1-2H3. The fourth-order valence-electron chi connectivity index (χ4n) is 2.54. The predicted octanol–water partition coefficient (Wildman–Crippen LogP) is 4.01. The Hall–Kier alpha value is -1.52. The molecule has 21 heavy (non-hydrogen) atoms. The van der Waals surface area contributed by atoms with Crippen LogP contribution in [-0.4, -0.2) is 9.13 Å². The van der Waals surface area contributed by atoms with Gasteiger partial charge in [0.2, 0.25) is 0 Å². The van der Waals surface area contributed by atoms with Crippen LogP contribution in [0.5, 0.6) is 0 Å². The summed E-state index contributed by atoms with van der Waals surface area (Å²) in [5.74, 6) is 0. The minimum Gasteiger partial charge on any atom is -0.295 e. The van der Waals surface area contributed by atoms with Crippen molar-refractivity contribution in [3.63, 3.8) is 0 Å². The van der Waals surface area contributed by atoms with Crippen LogP contribution in [-0.2, 0) is 14.1 Å². The molecule has 1 heterocycles. The summed E-state index contributed by atoms with van der Waals surface area (Å²) in [5, 5.41) is 0.713. The minimum atomic E-state index is -0.0176. The van der Waals surface area contributed by atoms with Gasteiger partial charge in [-0.05, 0) is 35.4 Å². The summed E-state index contributed by atoms with van der Waals surface area (Å²) in [7, 11) is 3.57. The molecule has 3 nitrogen and oxygen atoms in total. The van der Waals surface area contributed by atoms with E-state index in [1.54, 1.807) is 23.2 Å². The number of hydrogen-bond acceptors (Lipinski definition) is 1. The number of rotatable bonds is 2. The average Bonchev–Trinajstić information content (AvgIpc) is 2.71. The van der Waals surface area contributed by atoms with E-state index in [4.69, 9.17) is 11.6 Å². The molecule has 0 aliphatic carbocycles. The minimum absolute atomic E-state index is 0.0176. The van der Waals surface area contributed by atoms with E-state index in [1.165, 1.54) is 0 Å². The molecule has 0 saturated carbocycles. The Morgan fingerprint density at radius 1 is 1.00 bits per heavy atom. The van der Waals surface area contributed by atoms with Crippen LogP contribution in [0, 0.1) is 0 Å².